The molecule has 0 amide bonds. The highest BCUT2D eigenvalue weighted by Gasteiger charge is 2.39. The molecule has 0 atom stereocenters. The fourth-order valence-electron chi connectivity index (χ4n) is 3.94. The average Bonchev–Trinajstić information content (AvgIpc) is 3.10. The van der Waals surface area contributed by atoms with Crippen LogP contribution in [0.2, 0.25) is 0 Å². The number of hydrogen-bond donors (Lipinski definition) is 1. The van der Waals surface area contributed by atoms with Gasteiger partial charge in [-0.25, -0.2) is 0 Å². The van der Waals surface area contributed by atoms with Crippen LogP contribution in [0.15, 0.2) is 18.2 Å². The summed E-state index contributed by atoms with van der Waals surface area (Å²) in [5.41, 5.74) is 2.27. The van der Waals surface area contributed by atoms with E-state index >= 15 is 0 Å². The third-order valence-corrected chi connectivity index (χ3v) is 6.31. The van der Waals surface area contributed by atoms with Crippen LogP contribution in [-0.2, 0) is 0 Å². The van der Waals surface area contributed by atoms with Gasteiger partial charge >= 0.3 is 0 Å². The molecule has 4 nitrogen and oxygen atoms in total. The highest BCUT2D eigenvalue weighted by atomic mass is 32.2. The number of carbonyl (C=O) groups is 1. The van der Waals surface area contributed by atoms with Crippen LogP contribution < -0.4 is 5.32 Å². The molecule has 1 aromatic rings. The quantitative estimate of drug-likeness (QED) is 0.829. The fourth-order valence-corrected chi connectivity index (χ4v) is 4.85. The second-order valence-corrected chi connectivity index (χ2v) is 8.04. The minimum atomic E-state index is 0.0335. The first-order valence-electron chi connectivity index (χ1n) is 8.76. The molecule has 24 heavy (non-hydrogen) atoms. The van der Waals surface area contributed by atoms with E-state index in [0.717, 1.165) is 25.3 Å². The van der Waals surface area contributed by atoms with Gasteiger partial charge in [-0.1, -0.05) is 12.8 Å². The predicted octanol–water partition coefficient (Wildman–Crippen LogP) is 3.53. The first kappa shape index (κ1) is 17.3. The number of Topliss-reactive ketones (excluding diaryl/α,β-unsaturated/α-hetero) is 1. The van der Waals surface area contributed by atoms with Crippen molar-refractivity contribution in [3.63, 3.8) is 0 Å². The molecule has 1 heterocycles. The van der Waals surface area contributed by atoms with Crippen molar-refractivity contribution in [1.29, 1.82) is 5.26 Å². The monoisotopic (exact) mass is 343 g/mol. The van der Waals surface area contributed by atoms with Gasteiger partial charge in [-0.05, 0) is 38.0 Å². The Labute approximate surface area is 148 Å². The van der Waals surface area contributed by atoms with E-state index in [9.17, 15) is 10.1 Å². The Bertz CT molecular complexity index is 641. The summed E-state index contributed by atoms with van der Waals surface area (Å²) in [5, 5.41) is 12.9. The second kappa shape index (κ2) is 7.58. The van der Waals surface area contributed by atoms with Gasteiger partial charge < -0.3 is 5.32 Å². The number of thioether (sulfide) groups is 1. The Morgan fingerprint density at radius 1 is 1.33 bits per heavy atom. The third kappa shape index (κ3) is 3.60. The molecule has 2 fully saturated rings. The van der Waals surface area contributed by atoms with Crippen molar-refractivity contribution < 1.29 is 4.79 Å². The van der Waals surface area contributed by atoms with Crippen molar-refractivity contribution in [1.82, 2.24) is 4.90 Å². The number of ketones is 1. The lowest BCUT2D eigenvalue weighted by Crippen LogP contribution is -2.54. The van der Waals surface area contributed by atoms with E-state index in [1.807, 2.05) is 17.8 Å². The predicted molar refractivity (Wildman–Crippen MR) is 99.7 cm³/mol. The molecule has 1 saturated carbocycles. The number of nitriles is 1. The minimum Gasteiger partial charge on any atom is -0.382 e. The maximum Gasteiger partial charge on any atom is 0.159 e. The summed E-state index contributed by atoms with van der Waals surface area (Å²) in [5.74, 6) is 2.46. The van der Waals surface area contributed by atoms with Gasteiger partial charge in [-0.3, -0.25) is 9.69 Å². The Hall–Kier alpha value is -1.51. The Balaban J connectivity index is 1.78. The van der Waals surface area contributed by atoms with Crippen LogP contribution in [0.5, 0.6) is 0 Å². The van der Waals surface area contributed by atoms with Crippen LogP contribution in [0.4, 0.5) is 5.69 Å². The van der Waals surface area contributed by atoms with Gasteiger partial charge in [-0.15, -0.1) is 0 Å². The lowest BCUT2D eigenvalue weighted by atomic mass is 9.94. The molecule has 128 valence electrons. The molecule has 0 radical (unpaired) electrons. The summed E-state index contributed by atoms with van der Waals surface area (Å²) in [4.78, 5) is 14.3. The standard InChI is InChI=1S/C19H25N3OS/c1-15(23)16-4-5-17(13-20)18(12-16)21-14-19(6-2-3-7-19)22-8-10-24-11-9-22/h4-5,12,21H,2-3,6-11,14H2,1H3. The number of anilines is 1. The van der Waals surface area contributed by atoms with Gasteiger partial charge in [0.15, 0.2) is 5.78 Å². The molecular weight excluding hydrogens is 318 g/mol. The molecule has 1 aliphatic heterocycles. The van der Waals surface area contributed by atoms with Gasteiger partial charge in [0.1, 0.15) is 6.07 Å². The minimum absolute atomic E-state index is 0.0335. The first-order valence-corrected chi connectivity index (χ1v) is 9.92. The maximum absolute atomic E-state index is 11.6. The van der Waals surface area contributed by atoms with Crippen molar-refractivity contribution in [3.8, 4) is 6.07 Å². The zero-order valence-corrected chi connectivity index (χ0v) is 15.1. The first-order chi connectivity index (χ1) is 11.6. The van der Waals surface area contributed by atoms with Crippen molar-refractivity contribution in [2.75, 3.05) is 36.5 Å². The largest absolute Gasteiger partial charge is 0.382 e. The van der Waals surface area contributed by atoms with E-state index in [1.54, 1.807) is 19.1 Å². The number of nitrogens with one attached hydrogen (secondary N) is 1. The highest BCUT2D eigenvalue weighted by Crippen LogP contribution is 2.37. The molecule has 0 bridgehead atoms. The zero-order chi connectivity index (χ0) is 17.0. The Morgan fingerprint density at radius 3 is 2.67 bits per heavy atom. The summed E-state index contributed by atoms with van der Waals surface area (Å²) in [6.07, 6.45) is 5.01. The SMILES string of the molecule is CC(=O)c1ccc(C#N)c(NCC2(N3CCSCC3)CCCC2)c1. The zero-order valence-electron chi connectivity index (χ0n) is 14.3. The van der Waals surface area contributed by atoms with E-state index in [0.29, 0.717) is 11.1 Å². The van der Waals surface area contributed by atoms with Crippen LogP contribution in [0.25, 0.3) is 0 Å². The molecule has 0 spiro atoms. The normalized spacial score (nSPS) is 20.5. The van der Waals surface area contributed by atoms with Crippen molar-refractivity contribution in [3.05, 3.63) is 29.3 Å². The van der Waals surface area contributed by atoms with Gasteiger partial charge in [0.25, 0.3) is 0 Å². The smallest absolute Gasteiger partial charge is 0.159 e. The van der Waals surface area contributed by atoms with Crippen LogP contribution in [0, 0.1) is 11.3 Å². The van der Waals surface area contributed by atoms with E-state index in [4.69, 9.17) is 0 Å². The number of carbonyl (C=O) groups excluding carboxylic acids is 1. The fraction of sp³-hybridized carbons (Fsp3) is 0.579. The van der Waals surface area contributed by atoms with Crippen LogP contribution in [0.1, 0.15) is 48.5 Å². The number of rotatable bonds is 5. The molecule has 1 aromatic carbocycles. The lowest BCUT2D eigenvalue weighted by Gasteiger charge is -2.43. The van der Waals surface area contributed by atoms with Crippen molar-refractivity contribution in [2.45, 2.75) is 38.1 Å². The van der Waals surface area contributed by atoms with Gasteiger partial charge in [-0.2, -0.15) is 17.0 Å². The average molecular weight is 343 g/mol. The van der Waals surface area contributed by atoms with E-state index in [2.05, 4.69) is 16.3 Å². The molecule has 1 aliphatic carbocycles. The van der Waals surface area contributed by atoms with Crippen LogP contribution >= 0.6 is 11.8 Å². The maximum atomic E-state index is 11.6. The third-order valence-electron chi connectivity index (χ3n) is 5.37. The molecular formula is C19H25N3OS. The number of nitrogens with zero attached hydrogens (tertiary/aromatic N) is 2. The summed E-state index contributed by atoms with van der Waals surface area (Å²) >= 11 is 2.04. The Morgan fingerprint density at radius 2 is 2.04 bits per heavy atom. The molecule has 3 rings (SSSR count). The second-order valence-electron chi connectivity index (χ2n) is 6.81. The molecule has 1 N–H and O–H groups in total. The Kier molecular flexibility index (Phi) is 5.47. The lowest BCUT2D eigenvalue weighted by molar-refractivity contribution is 0.101. The molecule has 0 aromatic heterocycles. The number of benzene rings is 1. The van der Waals surface area contributed by atoms with Gasteiger partial charge in [0.2, 0.25) is 0 Å². The molecule has 1 saturated heterocycles. The van der Waals surface area contributed by atoms with Crippen LogP contribution in [0.3, 0.4) is 0 Å². The van der Waals surface area contributed by atoms with Crippen LogP contribution in [-0.4, -0.2) is 47.4 Å². The van der Waals surface area contributed by atoms with E-state index in [1.165, 1.54) is 37.2 Å². The van der Waals surface area contributed by atoms with E-state index in [-0.39, 0.29) is 11.3 Å². The van der Waals surface area contributed by atoms with Crippen molar-refractivity contribution in [2.24, 2.45) is 0 Å². The van der Waals surface area contributed by atoms with E-state index < -0.39 is 0 Å². The summed E-state index contributed by atoms with van der Waals surface area (Å²) in [6.45, 7) is 4.73. The molecule has 0 unspecified atom stereocenters. The topological polar surface area (TPSA) is 56.1 Å². The van der Waals surface area contributed by atoms with Crippen molar-refractivity contribution >= 4 is 23.2 Å². The summed E-state index contributed by atoms with van der Waals surface area (Å²) < 4.78 is 0. The number of hydrogen-bond acceptors (Lipinski definition) is 5. The highest BCUT2D eigenvalue weighted by molar-refractivity contribution is 7.99. The summed E-state index contributed by atoms with van der Waals surface area (Å²) in [7, 11) is 0. The van der Waals surface area contributed by atoms with Gasteiger partial charge in [0, 0.05) is 42.2 Å². The van der Waals surface area contributed by atoms with Gasteiger partial charge in [0.05, 0.1) is 11.3 Å². The molecule has 2 aliphatic rings. The molecule has 5 heteroatoms. The summed E-state index contributed by atoms with van der Waals surface area (Å²) in [6, 6.07) is 7.55.